The van der Waals surface area contributed by atoms with Crippen molar-refractivity contribution in [2.75, 3.05) is 14.1 Å². The molecule has 2 rings (SSSR count). The lowest BCUT2D eigenvalue weighted by Gasteiger charge is -2.04. The third-order valence-electron chi connectivity index (χ3n) is 3.06. The average molecular weight is 327 g/mol. The van der Waals surface area contributed by atoms with Crippen molar-refractivity contribution in [3.63, 3.8) is 0 Å². The summed E-state index contributed by atoms with van der Waals surface area (Å²) < 4.78 is 0. The third-order valence-corrected chi connectivity index (χ3v) is 3.06. The van der Waals surface area contributed by atoms with Crippen molar-refractivity contribution in [2.45, 2.75) is 12.8 Å². The first-order valence-electron chi connectivity index (χ1n) is 7.48. The second-order valence-electron chi connectivity index (χ2n) is 5.19. The Hall–Kier alpha value is -2.79. The fourth-order valence-corrected chi connectivity index (χ4v) is 2.01. The number of Topliss-reactive ketones (excluding diaryl/α,β-unsaturated/α-hetero) is 2. The molecule has 0 aliphatic heterocycles. The Kier molecular flexibility index (Phi) is 8.08. The Morgan fingerprint density at radius 3 is 2.08 bits per heavy atom. The monoisotopic (exact) mass is 327 g/mol. The van der Waals surface area contributed by atoms with Crippen LogP contribution in [0.25, 0.3) is 0 Å². The van der Waals surface area contributed by atoms with Crippen LogP contribution >= 0.6 is 0 Å². The number of aliphatic carboxylic acids is 1. The van der Waals surface area contributed by atoms with E-state index in [-0.39, 0.29) is 0 Å². The molecular formula is C19H21NO4. The van der Waals surface area contributed by atoms with Crippen LogP contribution in [0.1, 0.15) is 27.9 Å². The Labute approximate surface area is 141 Å². The molecular weight excluding hydrogens is 306 g/mol. The van der Waals surface area contributed by atoms with Gasteiger partial charge in [0.05, 0.1) is 6.42 Å². The number of carboxylic acids is 1. The van der Waals surface area contributed by atoms with Crippen LogP contribution in [0.2, 0.25) is 0 Å². The van der Waals surface area contributed by atoms with Gasteiger partial charge in [0.1, 0.15) is 0 Å². The summed E-state index contributed by atoms with van der Waals surface area (Å²) in [5.74, 6) is -3.14. The average Bonchev–Trinajstić information content (AvgIpc) is 2.56. The quantitative estimate of drug-likeness (QED) is 0.483. The molecule has 2 aromatic rings. The molecule has 2 aromatic carbocycles. The van der Waals surface area contributed by atoms with E-state index >= 15 is 0 Å². The van der Waals surface area contributed by atoms with Crippen LogP contribution < -0.4 is 5.32 Å². The van der Waals surface area contributed by atoms with Crippen LogP contribution in [0.4, 0.5) is 0 Å². The first-order chi connectivity index (χ1) is 11.5. The molecule has 0 heterocycles. The minimum absolute atomic E-state index is 0.359. The van der Waals surface area contributed by atoms with Crippen LogP contribution in [0.3, 0.4) is 0 Å². The summed E-state index contributed by atoms with van der Waals surface area (Å²) in [6.45, 7) is 0. The number of hydrogen-bond acceptors (Lipinski definition) is 4. The number of hydrogen-bond donors (Lipinski definition) is 2. The zero-order chi connectivity index (χ0) is 17.9. The first-order valence-corrected chi connectivity index (χ1v) is 7.48. The van der Waals surface area contributed by atoms with Crippen LogP contribution in [-0.4, -0.2) is 36.7 Å². The van der Waals surface area contributed by atoms with Crippen molar-refractivity contribution in [3.05, 3.63) is 71.3 Å². The fraction of sp³-hybridized carbons (Fsp3) is 0.211. The molecule has 0 spiro atoms. The van der Waals surface area contributed by atoms with Crippen molar-refractivity contribution in [3.8, 4) is 0 Å². The van der Waals surface area contributed by atoms with Gasteiger partial charge in [0, 0.05) is 5.56 Å². The molecule has 5 nitrogen and oxygen atoms in total. The highest BCUT2D eigenvalue weighted by atomic mass is 16.4. The largest absolute Gasteiger partial charge is 0.475 e. The maximum absolute atomic E-state index is 11.9. The van der Waals surface area contributed by atoms with E-state index in [2.05, 4.69) is 5.32 Å². The van der Waals surface area contributed by atoms with Gasteiger partial charge in [-0.3, -0.25) is 9.59 Å². The lowest BCUT2D eigenvalue weighted by molar-refractivity contribution is -0.148. The van der Waals surface area contributed by atoms with Crippen molar-refractivity contribution in [2.24, 2.45) is 0 Å². The van der Waals surface area contributed by atoms with E-state index in [1.54, 1.807) is 18.2 Å². The number of nitrogens with one attached hydrogen (secondary N) is 1. The van der Waals surface area contributed by atoms with Crippen LogP contribution in [0, 0.1) is 0 Å². The SMILES string of the molecule is CNC.O=C(O)C(=O)CC(=O)c1cccc(Cc2ccccc2)c1. The van der Waals surface area contributed by atoms with Crippen molar-refractivity contribution in [1.82, 2.24) is 5.32 Å². The molecule has 0 amide bonds. The smallest absolute Gasteiger partial charge is 0.372 e. The summed E-state index contributed by atoms with van der Waals surface area (Å²) in [6, 6.07) is 16.7. The fourth-order valence-electron chi connectivity index (χ4n) is 2.01. The highest BCUT2D eigenvalue weighted by molar-refractivity contribution is 6.37. The molecule has 0 radical (unpaired) electrons. The summed E-state index contributed by atoms with van der Waals surface area (Å²) in [7, 11) is 3.75. The zero-order valence-corrected chi connectivity index (χ0v) is 13.8. The first kappa shape index (κ1) is 19.3. The van der Waals surface area contributed by atoms with Gasteiger partial charge in [0.25, 0.3) is 0 Å². The van der Waals surface area contributed by atoms with Crippen LogP contribution in [0.5, 0.6) is 0 Å². The predicted molar refractivity (Wildman–Crippen MR) is 92.3 cm³/mol. The Balaban J connectivity index is 0.000000891. The summed E-state index contributed by atoms with van der Waals surface area (Å²) >= 11 is 0. The van der Waals surface area contributed by atoms with E-state index in [0.717, 1.165) is 11.1 Å². The van der Waals surface area contributed by atoms with Gasteiger partial charge in [0.15, 0.2) is 5.78 Å². The third kappa shape index (κ3) is 6.54. The highest BCUT2D eigenvalue weighted by Gasteiger charge is 2.17. The normalized spacial score (nSPS) is 9.58. The Morgan fingerprint density at radius 1 is 0.917 bits per heavy atom. The molecule has 0 atom stereocenters. The lowest BCUT2D eigenvalue weighted by atomic mass is 9.99. The molecule has 0 saturated heterocycles. The molecule has 0 unspecified atom stereocenters. The van der Waals surface area contributed by atoms with Gasteiger partial charge >= 0.3 is 5.97 Å². The van der Waals surface area contributed by atoms with Gasteiger partial charge in [-0.25, -0.2) is 4.79 Å². The molecule has 0 bridgehead atoms. The molecule has 5 heteroatoms. The summed E-state index contributed by atoms with van der Waals surface area (Å²) in [4.78, 5) is 33.4. The van der Waals surface area contributed by atoms with Gasteiger partial charge in [-0.15, -0.1) is 0 Å². The predicted octanol–water partition coefficient (Wildman–Crippen LogP) is 2.34. The number of rotatable bonds is 6. The van der Waals surface area contributed by atoms with Crippen molar-refractivity contribution >= 4 is 17.5 Å². The summed E-state index contributed by atoms with van der Waals surface area (Å²) in [5, 5.41) is 11.3. The number of carbonyl (C=O) groups is 3. The molecule has 0 aliphatic carbocycles. The van der Waals surface area contributed by atoms with Crippen LogP contribution in [0.15, 0.2) is 54.6 Å². The van der Waals surface area contributed by atoms with Gasteiger partial charge in [-0.2, -0.15) is 0 Å². The highest BCUT2D eigenvalue weighted by Crippen LogP contribution is 2.13. The van der Waals surface area contributed by atoms with E-state index < -0.39 is 24.0 Å². The van der Waals surface area contributed by atoms with E-state index in [1.807, 2.05) is 50.5 Å². The van der Waals surface area contributed by atoms with E-state index in [0.29, 0.717) is 12.0 Å². The molecule has 2 N–H and O–H groups in total. The second kappa shape index (κ2) is 10.1. The minimum Gasteiger partial charge on any atom is -0.475 e. The van der Waals surface area contributed by atoms with E-state index in [9.17, 15) is 14.4 Å². The van der Waals surface area contributed by atoms with Crippen molar-refractivity contribution in [1.29, 1.82) is 0 Å². The molecule has 0 aromatic heterocycles. The minimum atomic E-state index is -1.58. The Morgan fingerprint density at radius 2 is 1.50 bits per heavy atom. The molecule has 24 heavy (non-hydrogen) atoms. The van der Waals surface area contributed by atoms with Gasteiger partial charge < -0.3 is 10.4 Å². The number of ketones is 2. The molecule has 126 valence electrons. The maximum Gasteiger partial charge on any atom is 0.372 e. The lowest BCUT2D eigenvalue weighted by Crippen LogP contribution is -2.17. The van der Waals surface area contributed by atoms with Crippen molar-refractivity contribution < 1.29 is 19.5 Å². The molecule has 0 aliphatic rings. The van der Waals surface area contributed by atoms with Gasteiger partial charge in [-0.05, 0) is 37.7 Å². The number of benzene rings is 2. The topological polar surface area (TPSA) is 83.5 Å². The number of carboxylic acid groups (broad SMARTS) is 1. The summed E-state index contributed by atoms with van der Waals surface area (Å²) in [6.07, 6.45) is 0.0684. The number of carbonyl (C=O) groups excluding carboxylic acids is 2. The van der Waals surface area contributed by atoms with Gasteiger partial charge in [0.2, 0.25) is 5.78 Å². The molecule has 0 fully saturated rings. The van der Waals surface area contributed by atoms with E-state index in [1.165, 1.54) is 0 Å². The standard InChI is InChI=1S/C17H14O4.C2H7N/c18-15(11-16(19)17(20)21)14-8-4-7-13(10-14)9-12-5-2-1-3-6-12;1-3-2/h1-8,10H,9,11H2,(H,20,21);3H,1-2H3. The zero-order valence-electron chi connectivity index (χ0n) is 13.8. The van der Waals surface area contributed by atoms with E-state index in [4.69, 9.17) is 5.11 Å². The second-order valence-corrected chi connectivity index (χ2v) is 5.19. The van der Waals surface area contributed by atoms with Crippen LogP contribution in [-0.2, 0) is 16.0 Å². The molecule has 0 saturated carbocycles. The summed E-state index contributed by atoms with van der Waals surface area (Å²) in [5.41, 5.74) is 2.41. The Bertz CT molecular complexity index is 696. The maximum atomic E-state index is 11.9. The van der Waals surface area contributed by atoms with Gasteiger partial charge in [-0.1, -0.05) is 48.5 Å².